The predicted molar refractivity (Wildman–Crippen MR) is 116 cm³/mol. The molecule has 12 heteroatoms. The number of hydrogen-bond donors (Lipinski definition) is 0. The quantitative estimate of drug-likeness (QED) is 0.549. The first-order valence-corrected chi connectivity index (χ1v) is 11.1. The van der Waals surface area contributed by atoms with Crippen LogP contribution in [-0.2, 0) is 11.7 Å². The van der Waals surface area contributed by atoms with Crippen molar-refractivity contribution in [2.75, 3.05) is 32.1 Å². The van der Waals surface area contributed by atoms with Crippen LogP contribution in [-0.4, -0.2) is 64.7 Å². The number of anilines is 1. The van der Waals surface area contributed by atoms with Gasteiger partial charge in [0, 0.05) is 5.54 Å². The first-order chi connectivity index (χ1) is 16.3. The minimum atomic E-state index is -4.77. The second kappa shape index (κ2) is 8.65. The molecular weight excluding hydrogens is 476 g/mol. The van der Waals surface area contributed by atoms with E-state index in [1.165, 1.54) is 0 Å². The maximum Gasteiger partial charge on any atom is 0.451 e. The molecule has 1 saturated carbocycles. The van der Waals surface area contributed by atoms with E-state index in [0.717, 1.165) is 27.8 Å². The van der Waals surface area contributed by atoms with Crippen molar-refractivity contribution in [1.82, 2.24) is 19.8 Å². The van der Waals surface area contributed by atoms with E-state index in [4.69, 9.17) is 0 Å². The number of aromatic nitrogens is 2. The van der Waals surface area contributed by atoms with Crippen molar-refractivity contribution in [3.8, 4) is 0 Å². The molecule has 2 fully saturated rings. The third kappa shape index (κ3) is 4.67. The Kier molecular flexibility index (Phi) is 6.23. The van der Waals surface area contributed by atoms with Gasteiger partial charge in [0.05, 0.1) is 30.2 Å². The second-order valence-corrected chi connectivity index (χ2v) is 9.35. The molecule has 0 radical (unpaired) electrons. The van der Waals surface area contributed by atoms with Crippen molar-refractivity contribution in [2.24, 2.45) is 0 Å². The first kappa shape index (κ1) is 25.2. The molecule has 2 amide bonds. The van der Waals surface area contributed by atoms with E-state index in [1.54, 1.807) is 0 Å². The fourth-order valence-electron chi connectivity index (χ4n) is 5.32. The molecule has 4 rings (SSSR count). The molecule has 6 nitrogen and oxygen atoms in total. The lowest BCUT2D eigenvalue weighted by Crippen LogP contribution is -2.57. The van der Waals surface area contributed by atoms with Gasteiger partial charge in [-0.25, -0.2) is 14.8 Å². The highest BCUT2D eigenvalue weighted by atomic mass is 19.4. The van der Waals surface area contributed by atoms with Crippen LogP contribution in [0.3, 0.4) is 0 Å². The molecule has 1 aliphatic heterocycles. The van der Waals surface area contributed by atoms with Crippen molar-refractivity contribution in [2.45, 2.75) is 49.1 Å². The van der Waals surface area contributed by atoms with E-state index in [-0.39, 0.29) is 12.2 Å². The molecule has 1 aliphatic carbocycles. The maximum atomic E-state index is 13.5. The minimum Gasteiger partial charge on any atom is -0.308 e. The van der Waals surface area contributed by atoms with Crippen molar-refractivity contribution in [3.05, 3.63) is 54.1 Å². The number of nitrogens with zero attached hydrogens (tertiary/aromatic N) is 5. The summed E-state index contributed by atoms with van der Waals surface area (Å²) in [5.74, 6) is -1.38. The molecular formula is C23H25F6N5O. The zero-order valence-corrected chi connectivity index (χ0v) is 19.2. The van der Waals surface area contributed by atoms with Gasteiger partial charge in [-0.15, -0.1) is 0 Å². The van der Waals surface area contributed by atoms with Crippen molar-refractivity contribution >= 4 is 11.7 Å². The Morgan fingerprint density at radius 1 is 0.943 bits per heavy atom. The lowest BCUT2D eigenvalue weighted by molar-refractivity contribution is -0.150. The number of hydrogen-bond acceptors (Lipinski definition) is 4. The van der Waals surface area contributed by atoms with E-state index >= 15 is 0 Å². The van der Waals surface area contributed by atoms with Gasteiger partial charge < -0.3 is 4.90 Å². The van der Waals surface area contributed by atoms with Gasteiger partial charge in [-0.05, 0) is 45.3 Å². The van der Waals surface area contributed by atoms with Gasteiger partial charge in [-0.2, -0.15) is 26.3 Å². The summed E-state index contributed by atoms with van der Waals surface area (Å²) in [5, 5.41) is 0. The lowest BCUT2D eigenvalue weighted by atomic mass is 9.68. The highest BCUT2D eigenvalue weighted by Crippen LogP contribution is 2.50. The number of amides is 2. The summed E-state index contributed by atoms with van der Waals surface area (Å²) >= 11 is 0. The summed E-state index contributed by atoms with van der Waals surface area (Å²) in [6, 6.07) is 8.76. The summed E-state index contributed by atoms with van der Waals surface area (Å²) in [5.41, 5.74) is -0.562. The summed E-state index contributed by atoms with van der Waals surface area (Å²) in [7, 11) is 3.84. The largest absolute Gasteiger partial charge is 0.451 e. The molecule has 0 unspecified atom stereocenters. The number of rotatable bonds is 4. The maximum absolute atomic E-state index is 13.5. The summed E-state index contributed by atoms with van der Waals surface area (Å²) in [6.07, 6.45) is -6.16. The highest BCUT2D eigenvalue weighted by molar-refractivity contribution is 5.95. The fraction of sp³-hybridized carbons (Fsp3) is 0.522. The number of urea groups is 1. The van der Waals surface area contributed by atoms with E-state index < -0.39 is 41.8 Å². The lowest BCUT2D eigenvalue weighted by Gasteiger charge is -2.51. The third-order valence-corrected chi connectivity index (χ3v) is 7.20. The van der Waals surface area contributed by atoms with Crippen molar-refractivity contribution in [3.63, 3.8) is 0 Å². The molecule has 190 valence electrons. The molecule has 2 aromatic rings. The Morgan fingerprint density at radius 2 is 1.51 bits per heavy atom. The number of carbonyl (C=O) groups is 1. The van der Waals surface area contributed by atoms with Crippen LogP contribution >= 0.6 is 0 Å². The number of carbonyl (C=O) groups excluding carboxylic acids is 1. The highest BCUT2D eigenvalue weighted by Gasteiger charge is 2.57. The molecule has 2 aliphatic rings. The van der Waals surface area contributed by atoms with Gasteiger partial charge in [0.2, 0.25) is 5.82 Å². The summed E-state index contributed by atoms with van der Waals surface area (Å²) in [6.45, 7) is -1.53. The topological polar surface area (TPSA) is 52.6 Å². The van der Waals surface area contributed by atoms with Crippen LogP contribution in [0, 0.1) is 0 Å². The Bertz CT molecular complexity index is 1050. The predicted octanol–water partition coefficient (Wildman–Crippen LogP) is 5.07. The monoisotopic (exact) mass is 501 g/mol. The Hall–Kier alpha value is -2.89. The van der Waals surface area contributed by atoms with Gasteiger partial charge in [-0.3, -0.25) is 9.80 Å². The zero-order chi connectivity index (χ0) is 25.6. The second-order valence-electron chi connectivity index (χ2n) is 9.35. The Morgan fingerprint density at radius 3 is 2.00 bits per heavy atom. The van der Waals surface area contributed by atoms with Crippen molar-refractivity contribution < 1.29 is 31.1 Å². The Balaban J connectivity index is 1.66. The fourth-order valence-corrected chi connectivity index (χ4v) is 5.32. The smallest absolute Gasteiger partial charge is 0.308 e. The summed E-state index contributed by atoms with van der Waals surface area (Å²) in [4.78, 5) is 23.6. The van der Waals surface area contributed by atoms with Crippen LogP contribution in [0.5, 0.6) is 0 Å². The van der Waals surface area contributed by atoms with Crippen LogP contribution in [0.25, 0.3) is 0 Å². The number of alkyl halides is 6. The SMILES string of the molecule is CN(C)C1(c2ccccc2)CCC2(CC1)CN(c1cnc(C(F)(F)F)nc1)C(=O)N2CC(F)(F)F. The van der Waals surface area contributed by atoms with E-state index in [1.807, 2.05) is 44.4 Å². The standard InChI is InChI=1S/C23H25F6N5O/c1-32(2)21(16-6-4-3-5-7-16)10-8-20(9-11-21)14-33(19(35)34(20)15-22(24,25)26)17-12-30-18(31-13-17)23(27,28)29/h3-7,12-13H,8-11,14-15H2,1-2H3. The Labute approximate surface area is 198 Å². The van der Waals surface area contributed by atoms with Gasteiger partial charge in [0.15, 0.2) is 0 Å². The van der Waals surface area contributed by atoms with Crippen molar-refractivity contribution in [1.29, 1.82) is 0 Å². The molecule has 1 aromatic carbocycles. The average molecular weight is 501 g/mol. The van der Waals surface area contributed by atoms with Crippen LogP contribution in [0.15, 0.2) is 42.7 Å². The van der Waals surface area contributed by atoms with Crippen LogP contribution in [0.2, 0.25) is 0 Å². The molecule has 0 bridgehead atoms. The molecule has 35 heavy (non-hydrogen) atoms. The normalized spacial score (nSPS) is 25.7. The van der Waals surface area contributed by atoms with Gasteiger partial charge in [0.1, 0.15) is 6.54 Å². The molecule has 2 heterocycles. The zero-order valence-electron chi connectivity index (χ0n) is 19.2. The minimum absolute atomic E-state index is 0.0699. The molecule has 0 N–H and O–H groups in total. The number of benzene rings is 1. The third-order valence-electron chi connectivity index (χ3n) is 7.20. The van der Waals surface area contributed by atoms with E-state index in [0.29, 0.717) is 25.7 Å². The van der Waals surface area contributed by atoms with Crippen LogP contribution in [0.4, 0.5) is 36.8 Å². The van der Waals surface area contributed by atoms with Crippen LogP contribution in [0.1, 0.15) is 37.1 Å². The molecule has 1 aromatic heterocycles. The van der Waals surface area contributed by atoms with Gasteiger partial charge in [0.25, 0.3) is 0 Å². The molecule has 0 atom stereocenters. The van der Waals surface area contributed by atoms with E-state index in [2.05, 4.69) is 14.9 Å². The van der Waals surface area contributed by atoms with E-state index in [9.17, 15) is 31.1 Å². The molecule has 1 spiro atoms. The average Bonchev–Trinajstić information content (AvgIpc) is 3.05. The van der Waals surface area contributed by atoms with Gasteiger partial charge in [-0.1, -0.05) is 30.3 Å². The molecule has 1 saturated heterocycles. The first-order valence-electron chi connectivity index (χ1n) is 11.1. The van der Waals surface area contributed by atoms with Crippen LogP contribution < -0.4 is 4.90 Å². The van der Waals surface area contributed by atoms with Gasteiger partial charge >= 0.3 is 18.4 Å². The number of halogens is 6. The summed E-state index contributed by atoms with van der Waals surface area (Å²) < 4.78 is 79.0.